The van der Waals surface area contributed by atoms with Gasteiger partial charge in [0.05, 0.1) is 4.34 Å². The Morgan fingerprint density at radius 3 is 3.05 bits per heavy atom. The Hall–Kier alpha value is -0.580. The zero-order valence-electron chi connectivity index (χ0n) is 11.1. The summed E-state index contributed by atoms with van der Waals surface area (Å²) < 4.78 is 0.835. The van der Waals surface area contributed by atoms with Crippen LogP contribution in [0, 0.1) is 5.92 Å². The number of rotatable bonds is 5. The molecule has 0 amide bonds. The zero-order chi connectivity index (χ0) is 13.8. The molecule has 0 aliphatic carbocycles. The fraction of sp³-hybridized carbons (Fsp3) is 0.643. The molecule has 2 rings (SSSR count). The van der Waals surface area contributed by atoms with E-state index in [1.807, 2.05) is 6.07 Å². The van der Waals surface area contributed by atoms with E-state index in [4.69, 9.17) is 16.7 Å². The van der Waals surface area contributed by atoms with Gasteiger partial charge in [-0.05, 0) is 50.8 Å². The molecule has 1 aliphatic heterocycles. The molecular formula is C14H20ClNO2S. The summed E-state index contributed by atoms with van der Waals surface area (Å²) in [5.41, 5.74) is 0. The van der Waals surface area contributed by atoms with E-state index in [0.29, 0.717) is 12.0 Å². The van der Waals surface area contributed by atoms with E-state index in [9.17, 15) is 4.79 Å². The summed E-state index contributed by atoms with van der Waals surface area (Å²) in [6.45, 7) is 4.31. The monoisotopic (exact) mass is 301 g/mol. The second-order valence-electron chi connectivity index (χ2n) is 5.25. The summed E-state index contributed by atoms with van der Waals surface area (Å²) in [5.74, 6) is -0.169. The molecule has 1 aliphatic rings. The maximum atomic E-state index is 10.7. The van der Waals surface area contributed by atoms with Crippen LogP contribution in [0.25, 0.3) is 0 Å². The topological polar surface area (TPSA) is 40.5 Å². The average molecular weight is 302 g/mol. The number of hydrogen-bond donors (Lipinski definition) is 1. The smallest absolute Gasteiger partial charge is 0.303 e. The first-order chi connectivity index (χ1) is 9.06. The maximum absolute atomic E-state index is 10.7. The summed E-state index contributed by atoms with van der Waals surface area (Å²) in [4.78, 5) is 14.4. The summed E-state index contributed by atoms with van der Waals surface area (Å²) in [7, 11) is 0. The first-order valence-electron chi connectivity index (χ1n) is 6.77. The highest BCUT2D eigenvalue weighted by Crippen LogP contribution is 2.33. The molecular weight excluding hydrogens is 282 g/mol. The lowest BCUT2D eigenvalue weighted by Crippen LogP contribution is -2.37. The van der Waals surface area contributed by atoms with Crippen molar-refractivity contribution >= 4 is 28.9 Å². The van der Waals surface area contributed by atoms with Gasteiger partial charge >= 0.3 is 5.97 Å². The van der Waals surface area contributed by atoms with Crippen LogP contribution < -0.4 is 0 Å². The molecule has 0 spiro atoms. The molecule has 1 aromatic heterocycles. The minimum Gasteiger partial charge on any atom is -0.481 e. The SMILES string of the molecule is CC(c1ccc(Cl)s1)N1CCCC(CCC(=O)O)C1. The van der Waals surface area contributed by atoms with E-state index in [-0.39, 0.29) is 6.42 Å². The van der Waals surface area contributed by atoms with Crippen LogP contribution >= 0.6 is 22.9 Å². The van der Waals surface area contributed by atoms with Gasteiger partial charge in [-0.15, -0.1) is 11.3 Å². The summed E-state index contributed by atoms with van der Waals surface area (Å²) in [6, 6.07) is 4.42. The summed E-state index contributed by atoms with van der Waals surface area (Å²) >= 11 is 7.63. The fourth-order valence-electron chi connectivity index (χ4n) is 2.75. The number of piperidine rings is 1. The molecule has 19 heavy (non-hydrogen) atoms. The largest absolute Gasteiger partial charge is 0.481 e. The lowest BCUT2D eigenvalue weighted by molar-refractivity contribution is -0.137. The Bertz CT molecular complexity index is 435. The van der Waals surface area contributed by atoms with Crippen LogP contribution in [0.3, 0.4) is 0 Å². The van der Waals surface area contributed by atoms with Gasteiger partial charge in [0, 0.05) is 23.9 Å². The zero-order valence-corrected chi connectivity index (χ0v) is 12.7. The van der Waals surface area contributed by atoms with Crippen molar-refractivity contribution in [2.45, 2.75) is 38.6 Å². The van der Waals surface area contributed by atoms with Gasteiger partial charge in [0.25, 0.3) is 0 Å². The molecule has 0 saturated carbocycles. The average Bonchev–Trinajstić information content (AvgIpc) is 2.82. The van der Waals surface area contributed by atoms with Crippen molar-refractivity contribution < 1.29 is 9.90 Å². The van der Waals surface area contributed by atoms with Crippen LogP contribution in [-0.4, -0.2) is 29.1 Å². The van der Waals surface area contributed by atoms with Gasteiger partial charge in [0.15, 0.2) is 0 Å². The van der Waals surface area contributed by atoms with Crippen LogP contribution in [0.15, 0.2) is 12.1 Å². The Morgan fingerprint density at radius 1 is 1.63 bits per heavy atom. The van der Waals surface area contributed by atoms with E-state index in [0.717, 1.165) is 36.7 Å². The number of carboxylic acids is 1. The normalized spacial score (nSPS) is 22.3. The van der Waals surface area contributed by atoms with Crippen LogP contribution in [-0.2, 0) is 4.79 Å². The Morgan fingerprint density at radius 2 is 2.42 bits per heavy atom. The number of hydrogen-bond acceptors (Lipinski definition) is 3. The van der Waals surface area contributed by atoms with Crippen molar-refractivity contribution in [1.82, 2.24) is 4.90 Å². The first kappa shape index (κ1) is 14.8. The lowest BCUT2D eigenvalue weighted by atomic mass is 9.92. The van der Waals surface area contributed by atoms with Crippen molar-refractivity contribution in [2.24, 2.45) is 5.92 Å². The minimum atomic E-state index is -0.685. The van der Waals surface area contributed by atoms with Crippen molar-refractivity contribution in [3.8, 4) is 0 Å². The fourth-order valence-corrected chi connectivity index (χ4v) is 3.89. The number of thiophene rings is 1. The minimum absolute atomic E-state index is 0.289. The van der Waals surface area contributed by atoms with Gasteiger partial charge in [-0.25, -0.2) is 0 Å². The number of nitrogens with zero attached hydrogens (tertiary/aromatic N) is 1. The van der Waals surface area contributed by atoms with E-state index >= 15 is 0 Å². The highest BCUT2D eigenvalue weighted by molar-refractivity contribution is 7.16. The molecule has 1 N–H and O–H groups in total. The van der Waals surface area contributed by atoms with Gasteiger partial charge < -0.3 is 5.11 Å². The third-order valence-electron chi connectivity index (χ3n) is 3.87. The van der Waals surface area contributed by atoms with E-state index < -0.39 is 5.97 Å². The predicted molar refractivity (Wildman–Crippen MR) is 78.9 cm³/mol. The molecule has 2 heterocycles. The first-order valence-corrected chi connectivity index (χ1v) is 7.97. The number of carbonyl (C=O) groups is 1. The van der Waals surface area contributed by atoms with Gasteiger partial charge in [0.2, 0.25) is 0 Å². The molecule has 1 aromatic rings. The summed E-state index contributed by atoms with van der Waals surface area (Å²) in [5, 5.41) is 8.77. The van der Waals surface area contributed by atoms with Crippen molar-refractivity contribution in [2.75, 3.05) is 13.1 Å². The molecule has 2 atom stereocenters. The van der Waals surface area contributed by atoms with E-state index in [2.05, 4.69) is 17.9 Å². The third kappa shape index (κ3) is 4.20. The molecule has 3 nitrogen and oxygen atoms in total. The molecule has 106 valence electrons. The lowest BCUT2D eigenvalue weighted by Gasteiger charge is -2.36. The van der Waals surface area contributed by atoms with Gasteiger partial charge in [-0.3, -0.25) is 9.69 Å². The Kier molecular flexibility index (Phi) is 5.25. The third-order valence-corrected chi connectivity index (χ3v) is 5.27. The quantitative estimate of drug-likeness (QED) is 0.892. The number of carboxylic acid groups (broad SMARTS) is 1. The molecule has 0 aromatic carbocycles. The van der Waals surface area contributed by atoms with Crippen LogP contribution in [0.4, 0.5) is 0 Å². The Balaban J connectivity index is 1.91. The van der Waals surface area contributed by atoms with Crippen LogP contribution in [0.5, 0.6) is 0 Å². The number of halogens is 1. The van der Waals surface area contributed by atoms with E-state index in [1.54, 1.807) is 11.3 Å². The predicted octanol–water partition coefficient (Wildman–Crippen LogP) is 4.04. The molecule has 1 saturated heterocycles. The maximum Gasteiger partial charge on any atom is 0.303 e. The molecule has 5 heteroatoms. The van der Waals surface area contributed by atoms with Crippen molar-refractivity contribution in [1.29, 1.82) is 0 Å². The number of likely N-dealkylation sites (tertiary alicyclic amines) is 1. The van der Waals surface area contributed by atoms with Gasteiger partial charge in [0.1, 0.15) is 0 Å². The highest BCUT2D eigenvalue weighted by Gasteiger charge is 2.25. The molecule has 0 radical (unpaired) electrons. The van der Waals surface area contributed by atoms with E-state index in [1.165, 1.54) is 4.88 Å². The second kappa shape index (κ2) is 6.73. The highest BCUT2D eigenvalue weighted by atomic mass is 35.5. The molecule has 1 fully saturated rings. The standard InChI is InChI=1S/C14H20ClNO2S/c1-10(12-5-6-13(15)19-12)16-8-2-3-11(9-16)4-7-14(17)18/h5-6,10-11H,2-4,7-9H2,1H3,(H,17,18). The second-order valence-corrected chi connectivity index (χ2v) is 7.00. The van der Waals surface area contributed by atoms with Gasteiger partial charge in [-0.1, -0.05) is 11.6 Å². The van der Waals surface area contributed by atoms with Crippen molar-refractivity contribution in [3.63, 3.8) is 0 Å². The van der Waals surface area contributed by atoms with Crippen LogP contribution in [0.2, 0.25) is 4.34 Å². The van der Waals surface area contributed by atoms with Crippen LogP contribution in [0.1, 0.15) is 43.5 Å². The Labute approximate surface area is 123 Å². The number of aliphatic carboxylic acids is 1. The van der Waals surface area contributed by atoms with Gasteiger partial charge in [-0.2, -0.15) is 0 Å². The molecule has 0 bridgehead atoms. The summed E-state index contributed by atoms with van der Waals surface area (Å²) in [6.07, 6.45) is 3.40. The molecule has 2 unspecified atom stereocenters. The van der Waals surface area contributed by atoms with Crippen molar-refractivity contribution in [3.05, 3.63) is 21.3 Å².